The van der Waals surface area contributed by atoms with Gasteiger partial charge >= 0.3 is 0 Å². The molecule has 4 rings (SSSR count). The number of hydrogen-bond acceptors (Lipinski definition) is 5. The molecule has 0 radical (unpaired) electrons. The van der Waals surface area contributed by atoms with Crippen LogP contribution in [0.25, 0.3) is 16.0 Å². The minimum absolute atomic E-state index is 0.00433. The topological polar surface area (TPSA) is 63.1 Å². The lowest BCUT2D eigenvalue weighted by atomic mass is 9.96. The fourth-order valence-electron chi connectivity index (χ4n) is 3.76. The second kappa shape index (κ2) is 7.44. The summed E-state index contributed by atoms with van der Waals surface area (Å²) in [5.41, 5.74) is 3.92. The van der Waals surface area contributed by atoms with Crippen LogP contribution >= 0.6 is 11.3 Å². The standard InChI is InChI=1S/C22H29N5OS/c1-14-8-10-17(11-9-14)27-19-18(15(2)25-27)29-21(23-19)26-12-6-7-16(13-26)20(28)24-22(3,4)5/h8-11,16H,6-7,12-13H2,1-5H3,(H,24,28)/t16-/m1/s1. The van der Waals surface area contributed by atoms with E-state index in [4.69, 9.17) is 10.1 Å². The second-order valence-electron chi connectivity index (χ2n) is 9.01. The molecule has 1 saturated heterocycles. The van der Waals surface area contributed by atoms with Crippen LogP contribution in [0.1, 0.15) is 44.9 Å². The monoisotopic (exact) mass is 411 g/mol. The zero-order valence-corrected chi connectivity index (χ0v) is 18.6. The Labute approximate surface area is 175 Å². The molecule has 2 aromatic heterocycles. The molecule has 154 valence electrons. The average Bonchev–Trinajstić information content (AvgIpc) is 3.22. The first-order chi connectivity index (χ1) is 13.7. The molecule has 1 aliphatic heterocycles. The van der Waals surface area contributed by atoms with Crippen LogP contribution < -0.4 is 10.2 Å². The quantitative estimate of drug-likeness (QED) is 0.701. The van der Waals surface area contributed by atoms with Crippen molar-refractivity contribution in [2.24, 2.45) is 5.92 Å². The number of aryl methyl sites for hydroxylation is 2. The van der Waals surface area contributed by atoms with E-state index in [1.165, 1.54) is 5.56 Å². The predicted octanol–water partition coefficient (Wildman–Crippen LogP) is 4.23. The Hall–Kier alpha value is -2.41. The average molecular weight is 412 g/mol. The number of anilines is 1. The first-order valence-electron chi connectivity index (χ1n) is 10.2. The van der Waals surface area contributed by atoms with Gasteiger partial charge in [-0.3, -0.25) is 4.79 Å². The third-order valence-corrected chi connectivity index (χ3v) is 6.43. The SMILES string of the molecule is Cc1ccc(-n2nc(C)c3sc(N4CCC[C@@H](C(=O)NC(C)(C)C)C4)nc32)cc1. The van der Waals surface area contributed by atoms with E-state index < -0.39 is 0 Å². The number of thiazole rings is 1. The summed E-state index contributed by atoms with van der Waals surface area (Å²) < 4.78 is 3.04. The molecule has 1 aliphatic rings. The van der Waals surface area contributed by atoms with Crippen LogP contribution in [0.3, 0.4) is 0 Å². The van der Waals surface area contributed by atoms with Gasteiger partial charge in [-0.1, -0.05) is 29.0 Å². The number of hydrogen-bond donors (Lipinski definition) is 1. The Kier molecular flexibility index (Phi) is 5.11. The molecule has 0 spiro atoms. The lowest BCUT2D eigenvalue weighted by Crippen LogP contribution is -2.48. The second-order valence-corrected chi connectivity index (χ2v) is 9.98. The predicted molar refractivity (Wildman–Crippen MR) is 119 cm³/mol. The van der Waals surface area contributed by atoms with Crippen LogP contribution in [-0.4, -0.2) is 39.3 Å². The van der Waals surface area contributed by atoms with Crippen molar-refractivity contribution in [3.05, 3.63) is 35.5 Å². The van der Waals surface area contributed by atoms with Gasteiger partial charge in [-0.05, 0) is 59.6 Å². The minimum Gasteiger partial charge on any atom is -0.351 e. The molecule has 3 aromatic rings. The zero-order chi connectivity index (χ0) is 20.8. The van der Waals surface area contributed by atoms with Gasteiger partial charge in [0.05, 0.1) is 22.0 Å². The number of nitrogens with one attached hydrogen (secondary N) is 1. The fourth-order valence-corrected chi connectivity index (χ4v) is 4.78. The summed E-state index contributed by atoms with van der Waals surface area (Å²) in [6.07, 6.45) is 1.93. The third-order valence-electron chi connectivity index (χ3n) is 5.22. The van der Waals surface area contributed by atoms with E-state index in [1.807, 2.05) is 32.4 Å². The van der Waals surface area contributed by atoms with Crippen LogP contribution in [0.2, 0.25) is 0 Å². The molecular formula is C22H29N5OS. The summed E-state index contributed by atoms with van der Waals surface area (Å²) in [6.45, 7) is 11.8. The summed E-state index contributed by atoms with van der Waals surface area (Å²) >= 11 is 1.68. The van der Waals surface area contributed by atoms with Crippen LogP contribution in [0, 0.1) is 19.8 Å². The van der Waals surface area contributed by atoms with Crippen molar-refractivity contribution in [1.82, 2.24) is 20.1 Å². The number of piperidine rings is 1. The highest BCUT2D eigenvalue weighted by Crippen LogP contribution is 2.34. The van der Waals surface area contributed by atoms with Crippen molar-refractivity contribution in [3.8, 4) is 5.69 Å². The normalized spacial score (nSPS) is 17.7. The largest absolute Gasteiger partial charge is 0.351 e. The molecule has 1 aromatic carbocycles. The van der Waals surface area contributed by atoms with Gasteiger partial charge < -0.3 is 10.2 Å². The maximum atomic E-state index is 12.7. The Morgan fingerprint density at radius 3 is 2.62 bits per heavy atom. The summed E-state index contributed by atoms with van der Waals surface area (Å²) in [5.74, 6) is 0.148. The van der Waals surface area contributed by atoms with Gasteiger partial charge in [0, 0.05) is 18.6 Å². The first kappa shape index (κ1) is 19.9. The maximum Gasteiger partial charge on any atom is 0.225 e. The van der Waals surface area contributed by atoms with Gasteiger partial charge in [0.25, 0.3) is 0 Å². The number of nitrogens with zero attached hydrogens (tertiary/aromatic N) is 4. The molecule has 6 nitrogen and oxygen atoms in total. The first-order valence-corrected chi connectivity index (χ1v) is 11.0. The molecule has 0 saturated carbocycles. The Balaban J connectivity index is 1.60. The Morgan fingerprint density at radius 1 is 1.21 bits per heavy atom. The van der Waals surface area contributed by atoms with E-state index in [1.54, 1.807) is 11.3 Å². The zero-order valence-electron chi connectivity index (χ0n) is 17.8. The highest BCUT2D eigenvalue weighted by atomic mass is 32.1. The maximum absolute atomic E-state index is 12.7. The molecular weight excluding hydrogens is 382 g/mol. The number of amides is 1. The molecule has 1 atom stereocenters. The van der Waals surface area contributed by atoms with Crippen molar-refractivity contribution in [2.75, 3.05) is 18.0 Å². The van der Waals surface area contributed by atoms with E-state index in [0.29, 0.717) is 0 Å². The van der Waals surface area contributed by atoms with Crippen LogP contribution in [0.15, 0.2) is 24.3 Å². The molecule has 1 N–H and O–H groups in total. The lowest BCUT2D eigenvalue weighted by Gasteiger charge is -2.33. The summed E-state index contributed by atoms with van der Waals surface area (Å²) in [6, 6.07) is 8.34. The van der Waals surface area contributed by atoms with E-state index in [9.17, 15) is 4.79 Å². The number of carbonyl (C=O) groups excluding carboxylic acids is 1. The Bertz CT molecular complexity index is 1030. The molecule has 0 aliphatic carbocycles. The van der Waals surface area contributed by atoms with E-state index in [-0.39, 0.29) is 17.4 Å². The molecule has 0 unspecified atom stereocenters. The number of fused-ring (bicyclic) bond motifs is 1. The van der Waals surface area contributed by atoms with Crippen molar-refractivity contribution < 1.29 is 4.79 Å². The molecule has 3 heterocycles. The molecule has 29 heavy (non-hydrogen) atoms. The van der Waals surface area contributed by atoms with E-state index >= 15 is 0 Å². The Morgan fingerprint density at radius 2 is 1.93 bits per heavy atom. The van der Waals surface area contributed by atoms with Crippen LogP contribution in [0.4, 0.5) is 5.13 Å². The summed E-state index contributed by atoms with van der Waals surface area (Å²) in [5, 5.41) is 8.81. The van der Waals surface area contributed by atoms with Crippen molar-refractivity contribution in [2.45, 2.75) is 53.0 Å². The van der Waals surface area contributed by atoms with Gasteiger partial charge in [-0.15, -0.1) is 0 Å². The van der Waals surface area contributed by atoms with Crippen molar-refractivity contribution >= 4 is 32.7 Å². The van der Waals surface area contributed by atoms with Crippen LogP contribution in [-0.2, 0) is 4.79 Å². The molecule has 1 fully saturated rings. The van der Waals surface area contributed by atoms with Gasteiger partial charge in [0.2, 0.25) is 5.91 Å². The number of rotatable bonds is 3. The fraction of sp³-hybridized carbons (Fsp3) is 0.500. The van der Waals surface area contributed by atoms with Crippen molar-refractivity contribution in [1.29, 1.82) is 0 Å². The third kappa shape index (κ3) is 4.15. The summed E-state index contributed by atoms with van der Waals surface area (Å²) in [7, 11) is 0. The van der Waals surface area contributed by atoms with Crippen LogP contribution in [0.5, 0.6) is 0 Å². The number of benzene rings is 1. The molecule has 0 bridgehead atoms. The lowest BCUT2D eigenvalue weighted by molar-refractivity contribution is -0.126. The number of aromatic nitrogens is 3. The van der Waals surface area contributed by atoms with E-state index in [0.717, 1.165) is 52.8 Å². The van der Waals surface area contributed by atoms with Gasteiger partial charge in [0.1, 0.15) is 0 Å². The summed E-state index contributed by atoms with van der Waals surface area (Å²) in [4.78, 5) is 19.9. The number of carbonyl (C=O) groups is 1. The van der Waals surface area contributed by atoms with Gasteiger partial charge in [-0.2, -0.15) is 10.1 Å². The van der Waals surface area contributed by atoms with Crippen molar-refractivity contribution in [3.63, 3.8) is 0 Å². The van der Waals surface area contributed by atoms with Gasteiger partial charge in [-0.25, -0.2) is 4.68 Å². The molecule has 7 heteroatoms. The van der Waals surface area contributed by atoms with Gasteiger partial charge in [0.15, 0.2) is 10.8 Å². The highest BCUT2D eigenvalue weighted by molar-refractivity contribution is 7.22. The highest BCUT2D eigenvalue weighted by Gasteiger charge is 2.30. The minimum atomic E-state index is -0.205. The van der Waals surface area contributed by atoms with E-state index in [2.05, 4.69) is 41.4 Å². The smallest absolute Gasteiger partial charge is 0.225 e. The molecule has 1 amide bonds.